The number of nitrogens with two attached hydrogens (primary N) is 1. The van der Waals surface area contributed by atoms with Gasteiger partial charge in [0.1, 0.15) is 5.82 Å². The molecule has 8 heteroatoms. The molecule has 166 valence electrons. The molecule has 0 bridgehead atoms. The Hall–Kier alpha value is -1.91. The summed E-state index contributed by atoms with van der Waals surface area (Å²) in [5, 5.41) is 11.2. The predicted octanol–water partition coefficient (Wildman–Crippen LogP) is 7.03. The van der Waals surface area contributed by atoms with Gasteiger partial charge in [-0.1, -0.05) is 37.0 Å². The first kappa shape index (κ1) is 23.3. The number of Topliss-reactive ketones (excluding diaryl/α,β-unsaturated/α-hetero) is 1. The second kappa shape index (κ2) is 9.52. The van der Waals surface area contributed by atoms with Crippen molar-refractivity contribution in [2.24, 2.45) is 5.73 Å². The van der Waals surface area contributed by atoms with Crippen LogP contribution in [-0.2, 0) is 11.2 Å². The van der Waals surface area contributed by atoms with Crippen LogP contribution in [-0.4, -0.2) is 11.5 Å². The summed E-state index contributed by atoms with van der Waals surface area (Å²) in [4.78, 5) is 16.4. The molecule has 1 atom stereocenters. The Morgan fingerprint density at radius 2 is 1.94 bits per heavy atom. The first-order valence-electron chi connectivity index (χ1n) is 10.6. The fourth-order valence-electron chi connectivity index (χ4n) is 4.42. The number of ketones is 1. The van der Waals surface area contributed by atoms with Crippen LogP contribution in [0.3, 0.4) is 0 Å². The van der Waals surface area contributed by atoms with E-state index in [1.807, 2.05) is 0 Å². The molecule has 1 aromatic heterocycles. The summed E-state index contributed by atoms with van der Waals surface area (Å²) in [6, 6.07) is 9.66. The van der Waals surface area contributed by atoms with Crippen molar-refractivity contribution in [2.45, 2.75) is 49.7 Å². The van der Waals surface area contributed by atoms with E-state index in [9.17, 15) is 10.1 Å². The van der Waals surface area contributed by atoms with Crippen LogP contribution in [0.25, 0.3) is 0 Å². The molecule has 0 saturated carbocycles. The van der Waals surface area contributed by atoms with E-state index in [1.54, 1.807) is 46.2 Å². The molecular formula is C24H23Cl2N3OS2. The van der Waals surface area contributed by atoms with Crippen molar-refractivity contribution in [1.29, 1.82) is 5.26 Å². The number of halogens is 2. The summed E-state index contributed by atoms with van der Waals surface area (Å²) >= 11 is 16.0. The molecule has 1 aliphatic heterocycles. The van der Waals surface area contributed by atoms with Gasteiger partial charge in [0.05, 0.1) is 27.5 Å². The number of nitriles is 1. The molecule has 0 amide bonds. The Labute approximate surface area is 206 Å². The number of benzene rings is 1. The summed E-state index contributed by atoms with van der Waals surface area (Å²) in [6.07, 6.45) is 2.81. The number of thioether (sulfide) groups is 1. The molecule has 2 aliphatic rings. The summed E-state index contributed by atoms with van der Waals surface area (Å²) < 4.78 is 1.15. The summed E-state index contributed by atoms with van der Waals surface area (Å²) in [5.41, 5.74) is 10.3. The maximum atomic E-state index is 13.3. The summed E-state index contributed by atoms with van der Waals surface area (Å²) in [5.74, 6) is 0.879. The summed E-state index contributed by atoms with van der Waals surface area (Å²) in [7, 11) is 0. The maximum absolute atomic E-state index is 13.3. The molecule has 0 unspecified atom stereocenters. The number of allylic oxidation sites excluding steroid dienone is 3. The molecule has 0 fully saturated rings. The van der Waals surface area contributed by atoms with Crippen molar-refractivity contribution >= 4 is 57.8 Å². The van der Waals surface area contributed by atoms with Gasteiger partial charge in [0, 0.05) is 32.6 Å². The number of aryl methyl sites for hydroxylation is 1. The number of nitrogens with zero attached hydrogens (tertiary/aromatic N) is 2. The quantitative estimate of drug-likeness (QED) is 0.443. The van der Waals surface area contributed by atoms with E-state index < -0.39 is 5.92 Å². The molecule has 1 aliphatic carbocycles. The van der Waals surface area contributed by atoms with Crippen molar-refractivity contribution in [3.63, 3.8) is 0 Å². The lowest BCUT2D eigenvalue weighted by atomic mass is 9.76. The SMILES string of the molecule is CCSc1sc(CC)cc1[C@H]1C(C#N)=C(N)N(c2cc(Cl)cc(Cl)c2)C2=C1C(=O)CCC2. The predicted molar refractivity (Wildman–Crippen MR) is 134 cm³/mol. The minimum atomic E-state index is -0.445. The Morgan fingerprint density at radius 1 is 1.22 bits per heavy atom. The maximum Gasteiger partial charge on any atom is 0.161 e. The van der Waals surface area contributed by atoms with Gasteiger partial charge < -0.3 is 5.73 Å². The average molecular weight is 505 g/mol. The molecule has 2 heterocycles. The number of anilines is 1. The van der Waals surface area contributed by atoms with E-state index in [2.05, 4.69) is 26.0 Å². The van der Waals surface area contributed by atoms with Gasteiger partial charge in [0.15, 0.2) is 5.78 Å². The second-order valence-electron chi connectivity index (χ2n) is 7.69. The largest absolute Gasteiger partial charge is 0.384 e. The third-order valence-electron chi connectivity index (χ3n) is 5.73. The van der Waals surface area contributed by atoms with Gasteiger partial charge in [0.25, 0.3) is 0 Å². The fraction of sp³-hybridized carbons (Fsp3) is 0.333. The van der Waals surface area contributed by atoms with Crippen molar-refractivity contribution in [3.05, 3.63) is 67.4 Å². The second-order valence-corrected chi connectivity index (χ2v) is 11.2. The number of carbonyl (C=O) groups is 1. The van der Waals surface area contributed by atoms with Crippen molar-refractivity contribution in [1.82, 2.24) is 0 Å². The lowest BCUT2D eigenvalue weighted by Gasteiger charge is -2.39. The number of thiophene rings is 1. The van der Waals surface area contributed by atoms with E-state index in [1.165, 1.54) is 4.88 Å². The van der Waals surface area contributed by atoms with Crippen molar-refractivity contribution in [3.8, 4) is 6.07 Å². The molecule has 4 nitrogen and oxygen atoms in total. The molecule has 4 rings (SSSR count). The molecule has 32 heavy (non-hydrogen) atoms. The highest BCUT2D eigenvalue weighted by Gasteiger charge is 2.41. The molecule has 2 N–H and O–H groups in total. The van der Waals surface area contributed by atoms with E-state index in [4.69, 9.17) is 28.9 Å². The monoisotopic (exact) mass is 503 g/mol. The highest BCUT2D eigenvalue weighted by molar-refractivity contribution is 8.01. The third kappa shape index (κ3) is 4.08. The fourth-order valence-corrected chi connectivity index (χ4v) is 7.31. The van der Waals surface area contributed by atoms with Gasteiger partial charge in [-0.05, 0) is 54.8 Å². The third-order valence-corrected chi connectivity index (χ3v) is 8.65. The smallest absolute Gasteiger partial charge is 0.161 e. The van der Waals surface area contributed by atoms with Gasteiger partial charge in [-0.2, -0.15) is 5.26 Å². The van der Waals surface area contributed by atoms with Gasteiger partial charge in [-0.25, -0.2) is 0 Å². The minimum absolute atomic E-state index is 0.0753. The first-order chi connectivity index (χ1) is 15.4. The van der Waals surface area contributed by atoms with Gasteiger partial charge >= 0.3 is 0 Å². The van der Waals surface area contributed by atoms with Crippen molar-refractivity contribution in [2.75, 3.05) is 10.7 Å². The van der Waals surface area contributed by atoms with Gasteiger partial charge in [-0.15, -0.1) is 23.1 Å². The summed E-state index contributed by atoms with van der Waals surface area (Å²) in [6.45, 7) is 4.23. The molecule has 1 aromatic carbocycles. The van der Waals surface area contributed by atoms with Crippen LogP contribution in [0.5, 0.6) is 0 Å². The lowest BCUT2D eigenvalue weighted by molar-refractivity contribution is -0.116. The standard InChI is InChI=1S/C24H23Cl2N3OS2/c1-3-16-11-17(24(32-16)31-4-2)21-18(12-27)23(28)29(15-9-13(25)8-14(26)10-15)19-6-5-7-20(30)22(19)21/h8-11,21H,3-7,28H2,1-2H3/t21-/m0/s1. The van der Waals surface area contributed by atoms with E-state index >= 15 is 0 Å². The van der Waals surface area contributed by atoms with Crippen LogP contribution in [0, 0.1) is 11.3 Å². The molecule has 0 radical (unpaired) electrons. The number of carbonyl (C=O) groups excluding carboxylic acids is 1. The van der Waals surface area contributed by atoms with Gasteiger partial charge in [0.2, 0.25) is 0 Å². The van der Waals surface area contributed by atoms with Gasteiger partial charge in [-0.3, -0.25) is 9.69 Å². The number of hydrogen-bond donors (Lipinski definition) is 1. The first-order valence-corrected chi connectivity index (χ1v) is 13.1. The Kier molecular flexibility index (Phi) is 6.92. The Balaban J connectivity index is 1.98. The molecule has 0 spiro atoms. The number of hydrogen-bond acceptors (Lipinski definition) is 6. The highest BCUT2D eigenvalue weighted by atomic mass is 35.5. The van der Waals surface area contributed by atoms with Crippen LogP contribution < -0.4 is 10.6 Å². The normalized spacial score (nSPS) is 18.8. The van der Waals surface area contributed by atoms with Crippen LogP contribution in [0.4, 0.5) is 5.69 Å². The average Bonchev–Trinajstić information content (AvgIpc) is 3.15. The molecule has 0 saturated heterocycles. The van der Waals surface area contributed by atoms with E-state index in [-0.39, 0.29) is 5.78 Å². The van der Waals surface area contributed by atoms with E-state index in [0.29, 0.717) is 45.5 Å². The van der Waals surface area contributed by atoms with Crippen LogP contribution in [0.1, 0.15) is 49.5 Å². The zero-order valence-corrected chi connectivity index (χ0v) is 21.0. The highest BCUT2D eigenvalue weighted by Crippen LogP contribution is 2.50. The zero-order valence-electron chi connectivity index (χ0n) is 17.9. The minimum Gasteiger partial charge on any atom is -0.384 e. The van der Waals surface area contributed by atoms with Crippen molar-refractivity contribution < 1.29 is 4.79 Å². The zero-order chi connectivity index (χ0) is 23.0. The topological polar surface area (TPSA) is 70.1 Å². The Morgan fingerprint density at radius 3 is 2.56 bits per heavy atom. The Bertz CT molecular complexity index is 1170. The number of rotatable bonds is 5. The molecule has 2 aromatic rings. The van der Waals surface area contributed by atoms with Crippen LogP contribution >= 0.6 is 46.3 Å². The van der Waals surface area contributed by atoms with Crippen LogP contribution in [0.2, 0.25) is 10.0 Å². The van der Waals surface area contributed by atoms with E-state index in [0.717, 1.165) is 34.1 Å². The molecular weight excluding hydrogens is 481 g/mol. The van der Waals surface area contributed by atoms with Crippen LogP contribution in [0.15, 0.2) is 51.1 Å². The lowest BCUT2D eigenvalue weighted by Crippen LogP contribution is -2.38.